The molecule has 0 fully saturated rings. The molecule has 1 heterocycles. The minimum atomic E-state index is -0.163. The van der Waals surface area contributed by atoms with Crippen LogP contribution in [-0.2, 0) is 11.3 Å². The lowest BCUT2D eigenvalue weighted by atomic mass is 10.1. The molecule has 0 saturated heterocycles. The Morgan fingerprint density at radius 2 is 2.06 bits per heavy atom. The second kappa shape index (κ2) is 5.26. The molecule has 0 atom stereocenters. The van der Waals surface area contributed by atoms with Crippen LogP contribution in [0.2, 0.25) is 0 Å². The molecule has 18 heavy (non-hydrogen) atoms. The number of anilines is 1. The first kappa shape index (κ1) is 12.7. The zero-order valence-electron chi connectivity index (χ0n) is 10.0. The summed E-state index contributed by atoms with van der Waals surface area (Å²) in [4.78, 5) is 11.7. The van der Waals surface area contributed by atoms with Gasteiger partial charge in [-0.25, -0.2) is 4.68 Å². The number of hydrogen-bond donors (Lipinski definition) is 1. The van der Waals surface area contributed by atoms with Gasteiger partial charge in [0, 0.05) is 10.2 Å². The number of nitrogens with zero attached hydrogens (tertiary/aromatic N) is 4. The maximum Gasteiger partial charge on any atom is 0.246 e. The van der Waals surface area contributed by atoms with E-state index in [9.17, 15) is 4.79 Å². The van der Waals surface area contributed by atoms with E-state index >= 15 is 0 Å². The van der Waals surface area contributed by atoms with Gasteiger partial charge in [-0.05, 0) is 47.5 Å². The van der Waals surface area contributed by atoms with E-state index in [2.05, 4.69) is 36.8 Å². The number of carbonyl (C=O) groups is 1. The topological polar surface area (TPSA) is 72.7 Å². The number of tetrazole rings is 1. The van der Waals surface area contributed by atoms with Crippen molar-refractivity contribution in [3.8, 4) is 0 Å². The van der Waals surface area contributed by atoms with Crippen molar-refractivity contribution in [1.82, 2.24) is 20.2 Å². The Bertz CT molecular complexity index is 544. The van der Waals surface area contributed by atoms with Gasteiger partial charge in [-0.15, -0.1) is 5.10 Å². The smallest absolute Gasteiger partial charge is 0.246 e. The Balaban J connectivity index is 2.07. The molecule has 0 bridgehead atoms. The summed E-state index contributed by atoms with van der Waals surface area (Å²) in [6.45, 7) is 4.06. The van der Waals surface area contributed by atoms with Crippen LogP contribution in [-0.4, -0.2) is 26.1 Å². The summed E-state index contributed by atoms with van der Waals surface area (Å²) in [6, 6.07) is 3.82. The molecule has 0 aliphatic heterocycles. The monoisotopic (exact) mass is 309 g/mol. The molecule has 0 radical (unpaired) electrons. The first-order chi connectivity index (χ1) is 8.56. The van der Waals surface area contributed by atoms with Crippen LogP contribution >= 0.6 is 15.9 Å². The largest absolute Gasteiger partial charge is 0.324 e. The van der Waals surface area contributed by atoms with Gasteiger partial charge >= 0.3 is 0 Å². The molecule has 1 aromatic heterocycles. The molecule has 0 spiro atoms. The highest BCUT2D eigenvalue weighted by atomic mass is 79.9. The minimum absolute atomic E-state index is 0.0984. The van der Waals surface area contributed by atoms with Crippen LogP contribution < -0.4 is 5.32 Å². The van der Waals surface area contributed by atoms with Crippen LogP contribution in [0.1, 0.15) is 11.1 Å². The third-order valence-corrected chi connectivity index (χ3v) is 3.67. The number of hydrogen-bond acceptors (Lipinski definition) is 4. The molecule has 6 nitrogen and oxygen atoms in total. The molecule has 2 rings (SSSR count). The quantitative estimate of drug-likeness (QED) is 0.936. The predicted octanol–water partition coefficient (Wildman–Crippen LogP) is 1.69. The van der Waals surface area contributed by atoms with Gasteiger partial charge in [-0.3, -0.25) is 4.79 Å². The van der Waals surface area contributed by atoms with Gasteiger partial charge in [0.2, 0.25) is 5.91 Å². The Kier molecular flexibility index (Phi) is 3.71. The number of benzene rings is 1. The molecular weight excluding hydrogens is 298 g/mol. The molecule has 1 amide bonds. The third-order valence-electron chi connectivity index (χ3n) is 2.42. The molecule has 0 unspecified atom stereocenters. The predicted molar refractivity (Wildman–Crippen MR) is 70.1 cm³/mol. The van der Waals surface area contributed by atoms with E-state index in [0.717, 1.165) is 21.3 Å². The maximum atomic E-state index is 11.7. The van der Waals surface area contributed by atoms with E-state index in [1.54, 1.807) is 0 Å². The Labute approximate surface area is 113 Å². The zero-order chi connectivity index (χ0) is 13.1. The Morgan fingerprint density at radius 1 is 1.39 bits per heavy atom. The van der Waals surface area contributed by atoms with E-state index in [-0.39, 0.29) is 12.5 Å². The first-order valence-electron chi connectivity index (χ1n) is 5.33. The van der Waals surface area contributed by atoms with Crippen molar-refractivity contribution in [2.24, 2.45) is 0 Å². The maximum absolute atomic E-state index is 11.7. The fourth-order valence-corrected chi connectivity index (χ4v) is 1.85. The average molecular weight is 310 g/mol. The van der Waals surface area contributed by atoms with Crippen LogP contribution in [0, 0.1) is 13.8 Å². The van der Waals surface area contributed by atoms with Crippen LogP contribution in [0.25, 0.3) is 0 Å². The van der Waals surface area contributed by atoms with Crippen molar-refractivity contribution in [3.63, 3.8) is 0 Å². The summed E-state index contributed by atoms with van der Waals surface area (Å²) >= 11 is 3.48. The normalized spacial score (nSPS) is 10.4. The zero-order valence-corrected chi connectivity index (χ0v) is 11.6. The highest BCUT2D eigenvalue weighted by Gasteiger charge is 2.07. The SMILES string of the molecule is Cc1cc(NC(=O)Cn2cnnn2)cc(C)c1Br. The van der Waals surface area contributed by atoms with Gasteiger partial charge in [0.1, 0.15) is 12.9 Å². The molecule has 0 aliphatic rings. The summed E-state index contributed by atoms with van der Waals surface area (Å²) in [5, 5.41) is 13.4. The molecule has 0 aliphatic carbocycles. The Hall–Kier alpha value is -1.76. The number of amides is 1. The molecule has 2 aromatic rings. The summed E-state index contributed by atoms with van der Waals surface area (Å²) < 4.78 is 2.43. The summed E-state index contributed by atoms with van der Waals surface area (Å²) in [6.07, 6.45) is 1.40. The van der Waals surface area contributed by atoms with Crippen molar-refractivity contribution in [2.75, 3.05) is 5.32 Å². The van der Waals surface area contributed by atoms with Crippen molar-refractivity contribution in [2.45, 2.75) is 20.4 Å². The van der Waals surface area contributed by atoms with Crippen molar-refractivity contribution in [3.05, 3.63) is 34.1 Å². The Morgan fingerprint density at radius 3 is 2.61 bits per heavy atom. The first-order valence-corrected chi connectivity index (χ1v) is 6.13. The van der Waals surface area contributed by atoms with Gasteiger partial charge < -0.3 is 5.32 Å². The number of aromatic nitrogens is 4. The number of nitrogens with one attached hydrogen (secondary N) is 1. The van der Waals surface area contributed by atoms with Crippen LogP contribution in [0.4, 0.5) is 5.69 Å². The van der Waals surface area contributed by atoms with Crippen molar-refractivity contribution < 1.29 is 4.79 Å². The van der Waals surface area contributed by atoms with Crippen LogP contribution in [0.3, 0.4) is 0 Å². The lowest BCUT2D eigenvalue weighted by molar-refractivity contribution is -0.116. The number of rotatable bonds is 3. The highest BCUT2D eigenvalue weighted by molar-refractivity contribution is 9.10. The van der Waals surface area contributed by atoms with E-state index in [0.29, 0.717) is 0 Å². The summed E-state index contributed by atoms with van der Waals surface area (Å²) in [7, 11) is 0. The summed E-state index contributed by atoms with van der Waals surface area (Å²) in [5.74, 6) is -0.163. The second-order valence-electron chi connectivity index (χ2n) is 3.98. The lowest BCUT2D eigenvalue weighted by Crippen LogP contribution is -2.19. The third kappa shape index (κ3) is 2.92. The molecule has 0 saturated carbocycles. The van der Waals surface area contributed by atoms with E-state index in [4.69, 9.17) is 0 Å². The molecule has 94 valence electrons. The number of carbonyl (C=O) groups excluding carboxylic acids is 1. The van der Waals surface area contributed by atoms with Crippen molar-refractivity contribution in [1.29, 1.82) is 0 Å². The molecule has 1 N–H and O–H groups in total. The van der Waals surface area contributed by atoms with E-state index in [1.807, 2.05) is 26.0 Å². The molecule has 1 aromatic carbocycles. The summed E-state index contributed by atoms with van der Waals surface area (Å²) in [5.41, 5.74) is 2.92. The fraction of sp³-hybridized carbons (Fsp3) is 0.273. The van der Waals surface area contributed by atoms with E-state index in [1.165, 1.54) is 11.0 Å². The molecular formula is C11H12BrN5O. The van der Waals surface area contributed by atoms with Gasteiger partial charge in [0.25, 0.3) is 0 Å². The average Bonchev–Trinajstić information content (AvgIpc) is 2.78. The van der Waals surface area contributed by atoms with Gasteiger partial charge in [-0.2, -0.15) is 0 Å². The number of halogens is 1. The van der Waals surface area contributed by atoms with Crippen molar-refractivity contribution >= 4 is 27.5 Å². The minimum Gasteiger partial charge on any atom is -0.324 e. The van der Waals surface area contributed by atoms with Gasteiger partial charge in [0.05, 0.1) is 0 Å². The highest BCUT2D eigenvalue weighted by Crippen LogP contribution is 2.24. The van der Waals surface area contributed by atoms with Crippen LogP contribution in [0.15, 0.2) is 22.9 Å². The number of aryl methyl sites for hydroxylation is 2. The fourth-order valence-electron chi connectivity index (χ4n) is 1.62. The van der Waals surface area contributed by atoms with Gasteiger partial charge in [-0.1, -0.05) is 15.9 Å². The lowest BCUT2D eigenvalue weighted by Gasteiger charge is -2.09. The van der Waals surface area contributed by atoms with E-state index < -0.39 is 0 Å². The van der Waals surface area contributed by atoms with Gasteiger partial charge in [0.15, 0.2) is 0 Å². The molecule has 7 heteroatoms. The second-order valence-corrected chi connectivity index (χ2v) is 4.77. The standard InChI is InChI=1S/C11H12BrN5O/c1-7-3-9(4-8(2)11(7)12)14-10(18)5-17-6-13-15-16-17/h3-4,6H,5H2,1-2H3,(H,14,18). The van der Waals surface area contributed by atoms with Crippen LogP contribution in [0.5, 0.6) is 0 Å².